The van der Waals surface area contributed by atoms with Gasteiger partial charge in [0.25, 0.3) is 5.91 Å². The maximum Gasteiger partial charge on any atom is 0.286 e. The number of aromatic hydroxyl groups is 1. The van der Waals surface area contributed by atoms with E-state index in [1.54, 1.807) is 24.3 Å². The minimum absolute atomic E-state index is 0.157. The Morgan fingerprint density at radius 3 is 2.92 bits per heavy atom. The molecule has 0 unspecified atom stereocenters. The van der Waals surface area contributed by atoms with Gasteiger partial charge in [0, 0.05) is 34.4 Å². The van der Waals surface area contributed by atoms with Crippen LogP contribution in [0.15, 0.2) is 64.6 Å². The molecule has 0 bridgehead atoms. The van der Waals surface area contributed by atoms with Gasteiger partial charge in [0.05, 0.1) is 4.91 Å². The highest BCUT2D eigenvalue weighted by atomic mass is 32.2. The molecular weight excluding hydrogens is 322 g/mol. The monoisotopic (exact) mass is 335 g/mol. The summed E-state index contributed by atoms with van der Waals surface area (Å²) >= 11 is 1.28. The molecule has 3 aromatic rings. The van der Waals surface area contributed by atoms with E-state index in [-0.39, 0.29) is 11.7 Å². The highest BCUT2D eigenvalue weighted by Crippen LogP contribution is 2.31. The summed E-state index contributed by atoms with van der Waals surface area (Å²) in [5, 5.41) is 14.1. The fourth-order valence-corrected chi connectivity index (χ4v) is 3.35. The first-order chi connectivity index (χ1) is 11.7. The van der Waals surface area contributed by atoms with Crippen LogP contribution < -0.4 is 5.32 Å². The SMILES string of the molecule is O=C1N=C(Nc2cccc(O)c2)S/C1=C\c1c[nH]c2ccccc12. The van der Waals surface area contributed by atoms with Crippen molar-refractivity contribution in [1.82, 2.24) is 4.98 Å². The Hall–Kier alpha value is -2.99. The van der Waals surface area contributed by atoms with Gasteiger partial charge in [-0.2, -0.15) is 4.99 Å². The number of fused-ring (bicyclic) bond motifs is 1. The smallest absolute Gasteiger partial charge is 0.286 e. The van der Waals surface area contributed by atoms with Crippen molar-refractivity contribution in [2.45, 2.75) is 0 Å². The molecule has 24 heavy (non-hydrogen) atoms. The highest BCUT2D eigenvalue weighted by Gasteiger charge is 2.22. The van der Waals surface area contributed by atoms with Crippen LogP contribution in [-0.4, -0.2) is 21.2 Å². The Morgan fingerprint density at radius 1 is 1.17 bits per heavy atom. The number of para-hydroxylation sites is 1. The molecule has 0 radical (unpaired) electrons. The number of amidine groups is 1. The van der Waals surface area contributed by atoms with Crippen LogP contribution in [0, 0.1) is 0 Å². The van der Waals surface area contributed by atoms with E-state index in [1.807, 2.05) is 36.5 Å². The molecular formula is C18H13N3O2S. The number of rotatable bonds is 2. The van der Waals surface area contributed by atoms with E-state index in [2.05, 4.69) is 15.3 Å². The molecule has 1 aliphatic heterocycles. The number of amides is 1. The normalized spacial score (nSPS) is 15.9. The zero-order valence-electron chi connectivity index (χ0n) is 12.5. The zero-order chi connectivity index (χ0) is 16.5. The number of aromatic nitrogens is 1. The van der Waals surface area contributed by atoms with E-state index in [1.165, 1.54) is 11.8 Å². The molecule has 1 amide bonds. The summed E-state index contributed by atoms with van der Waals surface area (Å²) in [7, 11) is 0. The van der Waals surface area contributed by atoms with E-state index in [9.17, 15) is 9.90 Å². The van der Waals surface area contributed by atoms with Crippen molar-refractivity contribution in [2.75, 3.05) is 5.32 Å². The van der Waals surface area contributed by atoms with E-state index in [0.717, 1.165) is 16.5 Å². The molecule has 0 aliphatic carbocycles. The molecule has 3 N–H and O–H groups in total. The van der Waals surface area contributed by atoms with Crippen molar-refractivity contribution in [3.8, 4) is 5.75 Å². The second-order valence-electron chi connectivity index (χ2n) is 5.30. The Balaban J connectivity index is 1.57. The zero-order valence-corrected chi connectivity index (χ0v) is 13.3. The molecule has 0 saturated heterocycles. The van der Waals surface area contributed by atoms with Crippen molar-refractivity contribution in [3.05, 3.63) is 65.2 Å². The third-order valence-corrected chi connectivity index (χ3v) is 4.52. The summed E-state index contributed by atoms with van der Waals surface area (Å²) in [6, 6.07) is 14.6. The van der Waals surface area contributed by atoms with Crippen LogP contribution in [0.1, 0.15) is 5.56 Å². The third-order valence-electron chi connectivity index (χ3n) is 3.63. The number of anilines is 1. The summed E-state index contributed by atoms with van der Waals surface area (Å²) in [6.45, 7) is 0. The molecule has 2 heterocycles. The van der Waals surface area contributed by atoms with Gasteiger partial charge >= 0.3 is 0 Å². The number of H-pyrrole nitrogens is 1. The lowest BCUT2D eigenvalue weighted by atomic mass is 10.1. The predicted octanol–water partition coefficient (Wildman–Crippen LogP) is 3.96. The molecule has 118 valence electrons. The van der Waals surface area contributed by atoms with Gasteiger partial charge in [0.1, 0.15) is 5.75 Å². The van der Waals surface area contributed by atoms with Crippen LogP contribution in [0.2, 0.25) is 0 Å². The van der Waals surface area contributed by atoms with Crippen LogP contribution >= 0.6 is 11.8 Å². The molecule has 2 aromatic carbocycles. The van der Waals surface area contributed by atoms with Crippen LogP contribution in [0.5, 0.6) is 5.75 Å². The number of carbonyl (C=O) groups is 1. The van der Waals surface area contributed by atoms with Crippen molar-refractivity contribution in [1.29, 1.82) is 0 Å². The number of phenolic OH excluding ortho intramolecular Hbond substituents is 1. The number of hydrogen-bond donors (Lipinski definition) is 3. The molecule has 0 saturated carbocycles. The molecule has 6 heteroatoms. The van der Waals surface area contributed by atoms with Gasteiger partial charge in [-0.05, 0) is 36.0 Å². The number of nitrogens with one attached hydrogen (secondary N) is 2. The molecule has 0 fully saturated rings. The number of thioether (sulfide) groups is 1. The third kappa shape index (κ3) is 2.79. The Labute approximate surface area is 142 Å². The number of carbonyl (C=O) groups excluding carboxylic acids is 1. The van der Waals surface area contributed by atoms with E-state index >= 15 is 0 Å². The second-order valence-corrected chi connectivity index (χ2v) is 6.33. The summed E-state index contributed by atoms with van der Waals surface area (Å²) in [5.74, 6) is -0.114. The first-order valence-corrected chi connectivity index (χ1v) is 8.15. The lowest BCUT2D eigenvalue weighted by molar-refractivity contribution is -0.113. The number of hydrogen-bond acceptors (Lipinski definition) is 4. The first kappa shape index (κ1) is 14.6. The van der Waals surface area contributed by atoms with Gasteiger partial charge in [-0.15, -0.1) is 0 Å². The van der Waals surface area contributed by atoms with Crippen LogP contribution in [0.3, 0.4) is 0 Å². The highest BCUT2D eigenvalue weighted by molar-refractivity contribution is 8.18. The maximum absolute atomic E-state index is 12.1. The number of aliphatic imine (C=N–C) groups is 1. The van der Waals surface area contributed by atoms with Crippen molar-refractivity contribution in [3.63, 3.8) is 0 Å². The molecule has 5 nitrogen and oxygen atoms in total. The summed E-state index contributed by atoms with van der Waals surface area (Å²) in [6.07, 6.45) is 3.72. The van der Waals surface area contributed by atoms with Crippen LogP contribution in [0.4, 0.5) is 5.69 Å². The average Bonchev–Trinajstić information content (AvgIpc) is 3.12. The number of aromatic amines is 1. The summed E-state index contributed by atoms with van der Waals surface area (Å²) in [4.78, 5) is 19.9. The van der Waals surface area contributed by atoms with E-state index in [0.29, 0.717) is 15.8 Å². The van der Waals surface area contributed by atoms with Crippen molar-refractivity contribution in [2.24, 2.45) is 4.99 Å². The quantitative estimate of drug-likeness (QED) is 0.620. The van der Waals surface area contributed by atoms with E-state index in [4.69, 9.17) is 0 Å². The molecule has 1 aromatic heterocycles. The van der Waals surface area contributed by atoms with E-state index < -0.39 is 0 Å². The molecule has 0 atom stereocenters. The molecule has 4 rings (SSSR count). The van der Waals surface area contributed by atoms with Gasteiger partial charge < -0.3 is 15.4 Å². The minimum Gasteiger partial charge on any atom is -0.508 e. The van der Waals surface area contributed by atoms with Gasteiger partial charge in [0.2, 0.25) is 0 Å². The molecule has 0 spiro atoms. The van der Waals surface area contributed by atoms with Crippen LogP contribution in [0.25, 0.3) is 17.0 Å². The Kier molecular flexibility index (Phi) is 3.59. The van der Waals surface area contributed by atoms with Crippen molar-refractivity contribution < 1.29 is 9.90 Å². The fourth-order valence-electron chi connectivity index (χ4n) is 2.52. The first-order valence-electron chi connectivity index (χ1n) is 7.34. The topological polar surface area (TPSA) is 77.5 Å². The predicted molar refractivity (Wildman–Crippen MR) is 98.0 cm³/mol. The fraction of sp³-hybridized carbons (Fsp3) is 0. The van der Waals surface area contributed by atoms with Gasteiger partial charge in [-0.25, -0.2) is 0 Å². The summed E-state index contributed by atoms with van der Waals surface area (Å²) < 4.78 is 0. The number of phenols is 1. The summed E-state index contributed by atoms with van der Waals surface area (Å²) in [5.41, 5.74) is 2.66. The largest absolute Gasteiger partial charge is 0.508 e. The van der Waals surface area contributed by atoms with Crippen LogP contribution in [-0.2, 0) is 4.79 Å². The van der Waals surface area contributed by atoms with Gasteiger partial charge in [0.15, 0.2) is 5.17 Å². The Bertz CT molecular complexity index is 1000. The Morgan fingerprint density at radius 2 is 2.04 bits per heavy atom. The average molecular weight is 335 g/mol. The van der Waals surface area contributed by atoms with Crippen molar-refractivity contribution >= 4 is 45.5 Å². The molecule has 1 aliphatic rings. The lowest BCUT2D eigenvalue weighted by Gasteiger charge is -2.04. The number of benzene rings is 2. The van der Waals surface area contributed by atoms with Gasteiger partial charge in [-0.1, -0.05) is 24.3 Å². The lowest BCUT2D eigenvalue weighted by Crippen LogP contribution is -2.04. The number of nitrogens with zero attached hydrogens (tertiary/aromatic N) is 1. The second kappa shape index (κ2) is 5.90. The minimum atomic E-state index is -0.270. The standard InChI is InChI=1S/C18H13N3O2S/c22-13-5-3-4-12(9-13)20-18-21-17(23)16(24-18)8-11-10-19-15-7-2-1-6-14(11)15/h1-10,19,22H,(H,20,21,23)/b16-8-. The maximum atomic E-state index is 12.1. The van der Waals surface area contributed by atoms with Gasteiger partial charge in [-0.3, -0.25) is 4.79 Å².